The van der Waals surface area contributed by atoms with Gasteiger partial charge in [0.2, 0.25) is 0 Å². The number of nitriles is 1. The Labute approximate surface area is 59.5 Å². The highest BCUT2D eigenvalue weighted by molar-refractivity contribution is 5.36. The van der Waals surface area contributed by atoms with Crippen molar-refractivity contribution in [1.82, 2.24) is 4.98 Å². The monoisotopic (exact) mass is 135 g/mol. The standard InChI is InChI=1S/C7H9N3/c1-5(9)7-4-10-3-6(7)2-8/h3-5,10H,9H2,1H3/t5-/m0/s1. The second-order valence-corrected chi connectivity index (χ2v) is 2.22. The highest BCUT2D eigenvalue weighted by atomic mass is 14.7. The minimum absolute atomic E-state index is 0.0686. The van der Waals surface area contributed by atoms with E-state index in [2.05, 4.69) is 4.98 Å². The molecule has 0 spiro atoms. The van der Waals surface area contributed by atoms with Crippen molar-refractivity contribution < 1.29 is 0 Å². The first-order valence-corrected chi connectivity index (χ1v) is 3.08. The van der Waals surface area contributed by atoms with Gasteiger partial charge in [0.05, 0.1) is 5.56 Å². The smallest absolute Gasteiger partial charge is 0.101 e. The molecule has 0 saturated heterocycles. The molecule has 1 aromatic rings. The van der Waals surface area contributed by atoms with E-state index in [1.807, 2.05) is 13.0 Å². The van der Waals surface area contributed by atoms with Crippen LogP contribution in [0.2, 0.25) is 0 Å². The zero-order valence-electron chi connectivity index (χ0n) is 5.76. The first-order chi connectivity index (χ1) is 4.75. The highest BCUT2D eigenvalue weighted by Gasteiger charge is 2.05. The summed E-state index contributed by atoms with van der Waals surface area (Å²) in [5, 5.41) is 8.53. The summed E-state index contributed by atoms with van der Waals surface area (Å²) in [7, 11) is 0. The summed E-state index contributed by atoms with van der Waals surface area (Å²) in [5.41, 5.74) is 7.08. The highest BCUT2D eigenvalue weighted by Crippen LogP contribution is 2.12. The molecule has 1 rings (SSSR count). The molecule has 0 aliphatic carbocycles. The number of hydrogen-bond donors (Lipinski definition) is 2. The van der Waals surface area contributed by atoms with E-state index in [4.69, 9.17) is 11.0 Å². The Morgan fingerprint density at radius 1 is 1.70 bits per heavy atom. The van der Waals surface area contributed by atoms with Gasteiger partial charge in [-0.1, -0.05) is 0 Å². The lowest BCUT2D eigenvalue weighted by molar-refractivity contribution is 0.817. The van der Waals surface area contributed by atoms with Crippen LogP contribution in [-0.2, 0) is 0 Å². The fraction of sp³-hybridized carbons (Fsp3) is 0.286. The molecule has 3 N–H and O–H groups in total. The van der Waals surface area contributed by atoms with Crippen molar-refractivity contribution >= 4 is 0 Å². The summed E-state index contributed by atoms with van der Waals surface area (Å²) >= 11 is 0. The maximum absolute atomic E-state index is 8.53. The molecule has 0 aromatic carbocycles. The van der Waals surface area contributed by atoms with Gasteiger partial charge < -0.3 is 10.7 Å². The summed E-state index contributed by atoms with van der Waals surface area (Å²) in [6.07, 6.45) is 3.40. The van der Waals surface area contributed by atoms with E-state index in [1.54, 1.807) is 12.4 Å². The number of rotatable bonds is 1. The van der Waals surface area contributed by atoms with Crippen LogP contribution in [0.3, 0.4) is 0 Å². The lowest BCUT2D eigenvalue weighted by atomic mass is 10.1. The summed E-state index contributed by atoms with van der Waals surface area (Å²) in [5.74, 6) is 0. The predicted molar refractivity (Wildman–Crippen MR) is 38.1 cm³/mol. The van der Waals surface area contributed by atoms with Crippen LogP contribution in [0.25, 0.3) is 0 Å². The van der Waals surface area contributed by atoms with E-state index in [-0.39, 0.29) is 6.04 Å². The fourth-order valence-corrected chi connectivity index (χ4v) is 0.849. The molecule has 3 nitrogen and oxygen atoms in total. The van der Waals surface area contributed by atoms with Crippen LogP contribution in [-0.4, -0.2) is 4.98 Å². The maximum Gasteiger partial charge on any atom is 0.101 e. The summed E-state index contributed by atoms with van der Waals surface area (Å²) in [6, 6.07) is 1.98. The minimum Gasteiger partial charge on any atom is -0.366 e. The first kappa shape index (κ1) is 6.84. The lowest BCUT2D eigenvalue weighted by Crippen LogP contribution is -2.04. The van der Waals surface area contributed by atoms with Crippen LogP contribution < -0.4 is 5.73 Å². The van der Waals surface area contributed by atoms with E-state index in [0.29, 0.717) is 5.56 Å². The number of aromatic amines is 1. The van der Waals surface area contributed by atoms with Gasteiger partial charge in [0, 0.05) is 24.0 Å². The van der Waals surface area contributed by atoms with E-state index < -0.39 is 0 Å². The minimum atomic E-state index is -0.0686. The van der Waals surface area contributed by atoms with Gasteiger partial charge in [-0.05, 0) is 6.92 Å². The number of aromatic nitrogens is 1. The van der Waals surface area contributed by atoms with Crippen molar-refractivity contribution in [2.45, 2.75) is 13.0 Å². The van der Waals surface area contributed by atoms with E-state index in [9.17, 15) is 0 Å². The molecule has 0 unspecified atom stereocenters. The molecule has 0 fully saturated rings. The molecule has 0 saturated carbocycles. The van der Waals surface area contributed by atoms with Gasteiger partial charge in [0.25, 0.3) is 0 Å². The number of nitrogens with one attached hydrogen (secondary N) is 1. The first-order valence-electron chi connectivity index (χ1n) is 3.08. The Bertz CT molecular complexity index is 254. The van der Waals surface area contributed by atoms with Crippen LogP contribution >= 0.6 is 0 Å². The number of nitrogens with two attached hydrogens (primary N) is 1. The molecule has 1 aromatic heterocycles. The zero-order valence-corrected chi connectivity index (χ0v) is 5.76. The predicted octanol–water partition coefficient (Wildman–Crippen LogP) is 0.906. The average Bonchev–Trinajstić information content (AvgIpc) is 2.33. The molecule has 52 valence electrons. The van der Waals surface area contributed by atoms with Crippen LogP contribution in [0.1, 0.15) is 24.1 Å². The van der Waals surface area contributed by atoms with E-state index >= 15 is 0 Å². The molecule has 1 heterocycles. The Morgan fingerprint density at radius 2 is 2.40 bits per heavy atom. The Morgan fingerprint density at radius 3 is 2.80 bits per heavy atom. The molecular weight excluding hydrogens is 126 g/mol. The van der Waals surface area contributed by atoms with Crippen molar-refractivity contribution in [2.24, 2.45) is 5.73 Å². The molecule has 3 heteroatoms. The quantitative estimate of drug-likeness (QED) is 0.601. The van der Waals surface area contributed by atoms with Crippen molar-refractivity contribution in [3.05, 3.63) is 23.5 Å². The number of nitrogens with zero attached hydrogens (tertiary/aromatic N) is 1. The van der Waals surface area contributed by atoms with Gasteiger partial charge in [0.15, 0.2) is 0 Å². The molecule has 0 aliphatic rings. The third-order valence-electron chi connectivity index (χ3n) is 1.39. The Hall–Kier alpha value is -1.27. The second kappa shape index (κ2) is 2.54. The second-order valence-electron chi connectivity index (χ2n) is 2.22. The molecule has 0 aliphatic heterocycles. The zero-order chi connectivity index (χ0) is 7.56. The maximum atomic E-state index is 8.53. The van der Waals surface area contributed by atoms with Gasteiger partial charge in [-0.25, -0.2) is 0 Å². The van der Waals surface area contributed by atoms with Crippen molar-refractivity contribution in [2.75, 3.05) is 0 Å². The number of hydrogen-bond acceptors (Lipinski definition) is 2. The molecular formula is C7H9N3. The van der Waals surface area contributed by atoms with Crippen LogP contribution in [0.4, 0.5) is 0 Å². The van der Waals surface area contributed by atoms with Gasteiger partial charge in [-0.3, -0.25) is 0 Å². The molecule has 1 atom stereocenters. The van der Waals surface area contributed by atoms with Gasteiger partial charge >= 0.3 is 0 Å². The van der Waals surface area contributed by atoms with Crippen molar-refractivity contribution in [3.63, 3.8) is 0 Å². The lowest BCUT2D eigenvalue weighted by Gasteiger charge is -1.99. The number of H-pyrrole nitrogens is 1. The molecule has 10 heavy (non-hydrogen) atoms. The van der Waals surface area contributed by atoms with Crippen LogP contribution in [0.5, 0.6) is 0 Å². The van der Waals surface area contributed by atoms with Crippen molar-refractivity contribution in [3.8, 4) is 6.07 Å². The normalized spacial score (nSPS) is 12.5. The average molecular weight is 135 g/mol. The van der Waals surface area contributed by atoms with Gasteiger partial charge in [-0.2, -0.15) is 5.26 Å². The summed E-state index contributed by atoms with van der Waals surface area (Å²) in [4.78, 5) is 2.83. The van der Waals surface area contributed by atoms with Crippen molar-refractivity contribution in [1.29, 1.82) is 5.26 Å². The SMILES string of the molecule is C[C@H](N)c1c[nH]cc1C#N. The third-order valence-corrected chi connectivity index (χ3v) is 1.39. The largest absolute Gasteiger partial charge is 0.366 e. The van der Waals surface area contributed by atoms with E-state index in [0.717, 1.165) is 5.56 Å². The molecule has 0 amide bonds. The molecule has 0 bridgehead atoms. The van der Waals surface area contributed by atoms with Gasteiger partial charge in [0.1, 0.15) is 6.07 Å². The summed E-state index contributed by atoms with van der Waals surface area (Å²) < 4.78 is 0. The van der Waals surface area contributed by atoms with Gasteiger partial charge in [-0.15, -0.1) is 0 Å². The van der Waals surface area contributed by atoms with Crippen LogP contribution in [0, 0.1) is 11.3 Å². The Kier molecular flexibility index (Phi) is 1.74. The fourth-order valence-electron chi connectivity index (χ4n) is 0.849. The molecule has 0 radical (unpaired) electrons. The van der Waals surface area contributed by atoms with E-state index in [1.165, 1.54) is 0 Å². The summed E-state index contributed by atoms with van der Waals surface area (Å²) in [6.45, 7) is 1.85. The third kappa shape index (κ3) is 1.02. The topological polar surface area (TPSA) is 65.6 Å². The Balaban J connectivity index is 3.05. The van der Waals surface area contributed by atoms with Crippen LogP contribution in [0.15, 0.2) is 12.4 Å².